The maximum absolute atomic E-state index is 12.1. The van der Waals surface area contributed by atoms with E-state index in [1.807, 2.05) is 13.8 Å². The molecule has 3 atom stereocenters. The summed E-state index contributed by atoms with van der Waals surface area (Å²) in [7, 11) is 0. The fourth-order valence-electron chi connectivity index (χ4n) is 2.80. The molecular weight excluding hydrogens is 276 g/mol. The van der Waals surface area contributed by atoms with Crippen LogP contribution in [0.3, 0.4) is 0 Å². The molecule has 6 nitrogen and oxygen atoms in total. The Bertz CT molecular complexity index is 471. The van der Waals surface area contributed by atoms with Crippen LogP contribution in [0.15, 0.2) is 0 Å². The van der Waals surface area contributed by atoms with Gasteiger partial charge in [-0.25, -0.2) is 0 Å². The number of ketones is 1. The molecule has 0 aromatic rings. The molecule has 21 heavy (non-hydrogen) atoms. The number of hydrogen-bond acceptors (Lipinski definition) is 6. The van der Waals surface area contributed by atoms with Crippen molar-refractivity contribution in [2.24, 2.45) is 11.3 Å². The van der Waals surface area contributed by atoms with Crippen LogP contribution in [0.1, 0.15) is 40.5 Å². The highest BCUT2D eigenvalue weighted by atomic mass is 16.6. The lowest BCUT2D eigenvalue weighted by atomic mass is 9.77. The van der Waals surface area contributed by atoms with Crippen LogP contribution >= 0.6 is 0 Å². The topological polar surface area (TPSA) is 78.9 Å². The second-order valence-corrected chi connectivity index (χ2v) is 6.60. The van der Waals surface area contributed by atoms with E-state index in [-0.39, 0.29) is 25.2 Å². The molecule has 2 saturated heterocycles. The average molecular weight is 298 g/mol. The summed E-state index contributed by atoms with van der Waals surface area (Å²) >= 11 is 0. The Morgan fingerprint density at radius 3 is 2.57 bits per heavy atom. The van der Waals surface area contributed by atoms with Crippen molar-refractivity contribution in [2.75, 3.05) is 13.2 Å². The van der Waals surface area contributed by atoms with E-state index in [1.165, 1.54) is 13.8 Å². The third-order valence-corrected chi connectivity index (χ3v) is 4.09. The van der Waals surface area contributed by atoms with Crippen molar-refractivity contribution in [1.82, 2.24) is 0 Å². The molecule has 1 spiro atoms. The van der Waals surface area contributed by atoms with Gasteiger partial charge in [0.2, 0.25) is 0 Å². The number of Topliss-reactive ketones (excluding diaryl/α,β-unsaturated/α-hetero) is 1. The second kappa shape index (κ2) is 5.40. The van der Waals surface area contributed by atoms with Gasteiger partial charge >= 0.3 is 11.9 Å². The van der Waals surface area contributed by atoms with Gasteiger partial charge in [0.05, 0.1) is 6.61 Å². The lowest BCUT2D eigenvalue weighted by Crippen LogP contribution is -2.35. The Balaban J connectivity index is 2.05. The summed E-state index contributed by atoms with van der Waals surface area (Å²) in [5.41, 5.74) is -2.57. The third kappa shape index (κ3) is 2.81. The zero-order chi connectivity index (χ0) is 15.8. The van der Waals surface area contributed by atoms with E-state index < -0.39 is 29.1 Å². The summed E-state index contributed by atoms with van der Waals surface area (Å²) in [4.78, 5) is 35.9. The van der Waals surface area contributed by atoms with Crippen LogP contribution in [-0.2, 0) is 28.6 Å². The summed E-state index contributed by atoms with van der Waals surface area (Å²) in [5, 5.41) is 0. The smallest absolute Gasteiger partial charge is 0.324 e. The summed E-state index contributed by atoms with van der Waals surface area (Å²) in [6.45, 7) is 7.77. The Morgan fingerprint density at radius 1 is 1.38 bits per heavy atom. The molecule has 0 aliphatic carbocycles. The van der Waals surface area contributed by atoms with Crippen molar-refractivity contribution in [2.45, 2.75) is 52.2 Å². The number of ether oxygens (including phenoxy) is 3. The van der Waals surface area contributed by atoms with Crippen molar-refractivity contribution in [3.8, 4) is 0 Å². The maximum atomic E-state index is 12.1. The summed E-state index contributed by atoms with van der Waals surface area (Å²) < 4.78 is 15.9. The van der Waals surface area contributed by atoms with Crippen molar-refractivity contribution in [3.05, 3.63) is 0 Å². The lowest BCUT2D eigenvalue weighted by molar-refractivity contribution is -0.162. The molecule has 2 aliphatic heterocycles. The minimum absolute atomic E-state index is 0.0493. The van der Waals surface area contributed by atoms with E-state index in [0.29, 0.717) is 12.5 Å². The number of carbonyl (C=O) groups is 3. The molecule has 0 radical (unpaired) electrons. The highest BCUT2D eigenvalue weighted by molar-refractivity contribution is 6.06. The van der Waals surface area contributed by atoms with Crippen LogP contribution in [0.4, 0.5) is 0 Å². The fourth-order valence-corrected chi connectivity index (χ4v) is 2.80. The van der Waals surface area contributed by atoms with Gasteiger partial charge in [-0.15, -0.1) is 0 Å². The van der Waals surface area contributed by atoms with E-state index in [1.54, 1.807) is 0 Å². The van der Waals surface area contributed by atoms with Gasteiger partial charge in [-0.3, -0.25) is 14.4 Å². The zero-order valence-corrected chi connectivity index (χ0v) is 12.9. The highest BCUT2D eigenvalue weighted by Crippen LogP contribution is 2.49. The van der Waals surface area contributed by atoms with Crippen molar-refractivity contribution in [3.63, 3.8) is 0 Å². The lowest BCUT2D eigenvalue weighted by Gasteiger charge is -2.18. The summed E-state index contributed by atoms with van der Waals surface area (Å²) in [6, 6.07) is 0. The van der Waals surface area contributed by atoms with Gasteiger partial charge in [0.1, 0.15) is 6.10 Å². The number of rotatable bonds is 5. The van der Waals surface area contributed by atoms with E-state index in [0.717, 1.165) is 0 Å². The monoisotopic (exact) mass is 298 g/mol. The molecule has 6 heteroatoms. The van der Waals surface area contributed by atoms with Gasteiger partial charge in [-0.05, 0) is 19.8 Å². The molecule has 0 amide bonds. The van der Waals surface area contributed by atoms with Crippen LogP contribution in [-0.4, -0.2) is 42.6 Å². The SMILES string of the molecule is CC(=O)C1(C)C[C@]2(CC(COCC(C)C)OC2=O)C(=O)O1. The average Bonchev–Trinajstić information content (AvgIpc) is 2.79. The van der Waals surface area contributed by atoms with Gasteiger partial charge in [0.15, 0.2) is 16.8 Å². The molecule has 0 saturated carbocycles. The van der Waals surface area contributed by atoms with Crippen LogP contribution in [0.25, 0.3) is 0 Å². The normalized spacial score (nSPS) is 35.4. The molecule has 2 rings (SSSR count). The molecule has 2 aliphatic rings. The number of hydrogen-bond donors (Lipinski definition) is 0. The zero-order valence-electron chi connectivity index (χ0n) is 12.9. The Kier molecular flexibility index (Phi) is 4.10. The highest BCUT2D eigenvalue weighted by Gasteiger charge is 2.65. The van der Waals surface area contributed by atoms with E-state index in [2.05, 4.69) is 0 Å². The van der Waals surface area contributed by atoms with Crippen LogP contribution in [0.2, 0.25) is 0 Å². The van der Waals surface area contributed by atoms with Gasteiger partial charge in [0.25, 0.3) is 0 Å². The minimum atomic E-state index is -1.34. The van der Waals surface area contributed by atoms with Gasteiger partial charge < -0.3 is 14.2 Å². The first kappa shape index (κ1) is 15.9. The van der Waals surface area contributed by atoms with E-state index in [4.69, 9.17) is 14.2 Å². The third-order valence-electron chi connectivity index (χ3n) is 4.09. The molecule has 118 valence electrons. The molecule has 2 unspecified atom stereocenters. The van der Waals surface area contributed by atoms with Crippen LogP contribution < -0.4 is 0 Å². The Morgan fingerprint density at radius 2 is 2.05 bits per heavy atom. The molecule has 0 aromatic heterocycles. The van der Waals surface area contributed by atoms with Crippen molar-refractivity contribution >= 4 is 17.7 Å². The van der Waals surface area contributed by atoms with Crippen molar-refractivity contribution in [1.29, 1.82) is 0 Å². The van der Waals surface area contributed by atoms with E-state index in [9.17, 15) is 14.4 Å². The number of cyclic esters (lactones) is 2. The van der Waals surface area contributed by atoms with Crippen LogP contribution in [0, 0.1) is 11.3 Å². The second-order valence-electron chi connectivity index (χ2n) is 6.60. The summed E-state index contributed by atoms with van der Waals surface area (Å²) in [6.07, 6.45) is -0.197. The predicted octanol–water partition coefficient (Wildman–Crippen LogP) is 1.26. The summed E-state index contributed by atoms with van der Waals surface area (Å²) in [5.74, 6) is -1.14. The number of carbonyl (C=O) groups excluding carboxylic acids is 3. The Hall–Kier alpha value is -1.43. The standard InChI is InChI=1S/C15H22O6/c1-9(2)6-19-7-11-5-15(12(17)20-11)8-14(4,10(3)16)21-13(15)18/h9,11H,5-8H2,1-4H3/t11?,14?,15-/m0/s1. The first-order valence-electron chi connectivity index (χ1n) is 7.23. The number of esters is 2. The quantitative estimate of drug-likeness (QED) is 0.561. The maximum Gasteiger partial charge on any atom is 0.324 e. The first-order valence-corrected chi connectivity index (χ1v) is 7.23. The fraction of sp³-hybridized carbons (Fsp3) is 0.800. The van der Waals surface area contributed by atoms with Gasteiger partial charge in [-0.1, -0.05) is 13.8 Å². The van der Waals surface area contributed by atoms with Gasteiger partial charge in [-0.2, -0.15) is 0 Å². The first-order chi connectivity index (χ1) is 9.69. The molecule has 2 heterocycles. The minimum Gasteiger partial charge on any atom is -0.459 e. The van der Waals surface area contributed by atoms with Crippen LogP contribution in [0.5, 0.6) is 0 Å². The largest absolute Gasteiger partial charge is 0.459 e. The molecule has 0 N–H and O–H groups in total. The molecule has 2 fully saturated rings. The van der Waals surface area contributed by atoms with E-state index >= 15 is 0 Å². The molecular formula is C15H22O6. The molecule has 0 aromatic carbocycles. The van der Waals surface area contributed by atoms with Gasteiger partial charge in [0, 0.05) is 19.4 Å². The predicted molar refractivity (Wildman–Crippen MR) is 72.4 cm³/mol. The molecule has 0 bridgehead atoms. The Labute approximate surface area is 124 Å². The van der Waals surface area contributed by atoms with Crippen molar-refractivity contribution < 1.29 is 28.6 Å².